The summed E-state index contributed by atoms with van der Waals surface area (Å²) in [5.41, 5.74) is 0.991. The average Bonchev–Trinajstić information content (AvgIpc) is 3.22. The average molecular weight is 341 g/mol. The van der Waals surface area contributed by atoms with Crippen LogP contribution < -0.4 is 0 Å². The molecule has 0 saturated carbocycles. The summed E-state index contributed by atoms with van der Waals surface area (Å²) in [5.74, 6) is 0.0262. The van der Waals surface area contributed by atoms with Crippen molar-refractivity contribution in [1.29, 1.82) is 0 Å². The molecule has 1 N–H and O–H groups in total. The standard InChI is InChI=1S/C20H27N3O2/c1-21-17-8-3-2-7-16(17)13-18(21)19(24)23-12-6-9-20(25,15-23)14-22-10-4-5-11-22/h2-3,7-8,13,25H,4-6,9-12,14-15H2,1H3/t20-/m1/s1. The molecule has 1 aromatic carbocycles. The zero-order chi connectivity index (χ0) is 17.4. The lowest BCUT2D eigenvalue weighted by Crippen LogP contribution is -2.55. The molecule has 0 unspecified atom stereocenters. The Labute approximate surface area is 148 Å². The van der Waals surface area contributed by atoms with E-state index in [0.29, 0.717) is 18.8 Å². The third kappa shape index (κ3) is 3.18. The number of carbonyl (C=O) groups is 1. The number of aryl methyl sites for hydroxylation is 1. The lowest BCUT2D eigenvalue weighted by Gasteiger charge is -2.41. The molecule has 2 fully saturated rings. The second-order valence-corrected chi connectivity index (χ2v) is 7.69. The van der Waals surface area contributed by atoms with E-state index in [9.17, 15) is 9.90 Å². The number of hydrogen-bond donors (Lipinski definition) is 1. The molecule has 2 aromatic rings. The summed E-state index contributed by atoms with van der Waals surface area (Å²) < 4.78 is 1.96. The van der Waals surface area contributed by atoms with Crippen molar-refractivity contribution in [3.63, 3.8) is 0 Å². The first-order valence-electron chi connectivity index (χ1n) is 9.34. The Kier molecular flexibility index (Phi) is 4.29. The van der Waals surface area contributed by atoms with Crippen molar-refractivity contribution in [2.45, 2.75) is 31.3 Å². The van der Waals surface area contributed by atoms with E-state index in [1.54, 1.807) is 0 Å². The van der Waals surface area contributed by atoms with Gasteiger partial charge in [-0.2, -0.15) is 0 Å². The van der Waals surface area contributed by atoms with Gasteiger partial charge in [0.25, 0.3) is 5.91 Å². The van der Waals surface area contributed by atoms with E-state index in [4.69, 9.17) is 0 Å². The van der Waals surface area contributed by atoms with E-state index in [1.807, 2.05) is 46.8 Å². The molecule has 0 radical (unpaired) electrons. The molecular formula is C20H27N3O2. The van der Waals surface area contributed by atoms with Gasteiger partial charge in [0.15, 0.2) is 0 Å². The molecule has 1 aromatic heterocycles. The van der Waals surface area contributed by atoms with Gasteiger partial charge in [-0.1, -0.05) is 18.2 Å². The molecule has 1 atom stereocenters. The maximum absolute atomic E-state index is 13.1. The lowest BCUT2D eigenvalue weighted by atomic mass is 9.92. The van der Waals surface area contributed by atoms with Gasteiger partial charge in [0, 0.05) is 31.0 Å². The molecule has 25 heavy (non-hydrogen) atoms. The number of hydrogen-bond acceptors (Lipinski definition) is 3. The van der Waals surface area contributed by atoms with Gasteiger partial charge in [-0.25, -0.2) is 0 Å². The molecular weight excluding hydrogens is 314 g/mol. The topological polar surface area (TPSA) is 48.7 Å². The summed E-state index contributed by atoms with van der Waals surface area (Å²) >= 11 is 0. The molecule has 2 aliphatic heterocycles. The molecule has 134 valence electrons. The Morgan fingerprint density at radius 1 is 1.16 bits per heavy atom. The van der Waals surface area contributed by atoms with Crippen LogP contribution in [0.5, 0.6) is 0 Å². The SMILES string of the molecule is Cn1c(C(=O)N2CCC[C@@](O)(CN3CCCC3)C2)cc2ccccc21. The number of nitrogens with zero attached hydrogens (tertiary/aromatic N) is 3. The Bertz CT molecular complexity index is 778. The van der Waals surface area contributed by atoms with Crippen LogP contribution in [-0.2, 0) is 7.05 Å². The minimum Gasteiger partial charge on any atom is -0.387 e. The molecule has 3 heterocycles. The summed E-state index contributed by atoms with van der Waals surface area (Å²) in [4.78, 5) is 17.3. The minimum absolute atomic E-state index is 0.0262. The van der Waals surface area contributed by atoms with E-state index in [-0.39, 0.29) is 5.91 Å². The molecule has 0 spiro atoms. The number of likely N-dealkylation sites (tertiary alicyclic amines) is 2. The molecule has 0 aliphatic carbocycles. The fraction of sp³-hybridized carbons (Fsp3) is 0.550. The number of benzene rings is 1. The van der Waals surface area contributed by atoms with E-state index >= 15 is 0 Å². The largest absolute Gasteiger partial charge is 0.387 e. The predicted octanol–water partition coefficient (Wildman–Crippen LogP) is 2.24. The molecule has 1 amide bonds. The van der Waals surface area contributed by atoms with Crippen LogP contribution in [0.4, 0.5) is 0 Å². The van der Waals surface area contributed by atoms with Crippen LogP contribution in [0.15, 0.2) is 30.3 Å². The number of para-hydroxylation sites is 1. The lowest BCUT2D eigenvalue weighted by molar-refractivity contribution is -0.0432. The first-order valence-corrected chi connectivity index (χ1v) is 9.34. The van der Waals surface area contributed by atoms with Crippen LogP contribution in [0.1, 0.15) is 36.2 Å². The number of aromatic nitrogens is 1. The van der Waals surface area contributed by atoms with Crippen molar-refractivity contribution in [3.05, 3.63) is 36.0 Å². The third-order valence-corrected chi connectivity index (χ3v) is 5.73. The third-order valence-electron chi connectivity index (χ3n) is 5.73. The van der Waals surface area contributed by atoms with Crippen LogP contribution in [0, 0.1) is 0 Å². The van der Waals surface area contributed by atoms with E-state index in [1.165, 1.54) is 12.8 Å². The van der Waals surface area contributed by atoms with Crippen LogP contribution in [0.25, 0.3) is 10.9 Å². The second kappa shape index (κ2) is 6.46. The van der Waals surface area contributed by atoms with Crippen molar-refractivity contribution >= 4 is 16.8 Å². The summed E-state index contributed by atoms with van der Waals surface area (Å²) in [6.07, 6.45) is 4.08. The smallest absolute Gasteiger partial charge is 0.270 e. The molecule has 2 aliphatic rings. The molecule has 5 heteroatoms. The molecule has 0 bridgehead atoms. The normalized spacial score (nSPS) is 25.0. The first-order chi connectivity index (χ1) is 12.1. The maximum Gasteiger partial charge on any atom is 0.270 e. The summed E-state index contributed by atoms with van der Waals surface area (Å²) in [7, 11) is 1.94. The zero-order valence-electron chi connectivity index (χ0n) is 14.9. The number of fused-ring (bicyclic) bond motifs is 1. The van der Waals surface area contributed by atoms with Crippen molar-refractivity contribution < 1.29 is 9.90 Å². The molecule has 4 rings (SSSR count). The van der Waals surface area contributed by atoms with Gasteiger partial charge in [-0.15, -0.1) is 0 Å². The highest BCUT2D eigenvalue weighted by atomic mass is 16.3. The highest BCUT2D eigenvalue weighted by Crippen LogP contribution is 2.26. The van der Waals surface area contributed by atoms with Gasteiger partial charge in [-0.05, 0) is 50.9 Å². The first kappa shape index (κ1) is 16.6. The van der Waals surface area contributed by atoms with Gasteiger partial charge >= 0.3 is 0 Å². The molecule has 5 nitrogen and oxygen atoms in total. The summed E-state index contributed by atoms with van der Waals surface area (Å²) in [6.45, 7) is 3.98. The molecule has 2 saturated heterocycles. The Morgan fingerprint density at radius 3 is 2.68 bits per heavy atom. The Hall–Kier alpha value is -1.85. The fourth-order valence-corrected chi connectivity index (χ4v) is 4.43. The number of piperidine rings is 1. The van der Waals surface area contributed by atoms with Gasteiger partial charge < -0.3 is 19.5 Å². The second-order valence-electron chi connectivity index (χ2n) is 7.69. The van der Waals surface area contributed by atoms with Crippen molar-refractivity contribution in [3.8, 4) is 0 Å². The number of carbonyl (C=O) groups excluding carboxylic acids is 1. The van der Waals surface area contributed by atoms with Crippen molar-refractivity contribution in [2.75, 3.05) is 32.7 Å². The number of β-amino-alcohol motifs (C(OH)–C–C–N with tert-alkyl or cyclic N) is 1. The quantitative estimate of drug-likeness (QED) is 0.931. The number of amides is 1. The van der Waals surface area contributed by atoms with Gasteiger partial charge in [-0.3, -0.25) is 4.79 Å². The Morgan fingerprint density at radius 2 is 1.92 bits per heavy atom. The van der Waals surface area contributed by atoms with E-state index < -0.39 is 5.60 Å². The monoisotopic (exact) mass is 341 g/mol. The Balaban J connectivity index is 1.53. The summed E-state index contributed by atoms with van der Waals surface area (Å²) in [6, 6.07) is 10.0. The van der Waals surface area contributed by atoms with Crippen LogP contribution in [0.2, 0.25) is 0 Å². The minimum atomic E-state index is -0.775. The van der Waals surface area contributed by atoms with Crippen LogP contribution in [0.3, 0.4) is 0 Å². The van der Waals surface area contributed by atoms with Gasteiger partial charge in [0.2, 0.25) is 0 Å². The van der Waals surface area contributed by atoms with Gasteiger partial charge in [0.1, 0.15) is 5.69 Å². The highest BCUT2D eigenvalue weighted by molar-refractivity contribution is 5.98. The van der Waals surface area contributed by atoms with Crippen LogP contribution >= 0.6 is 0 Å². The summed E-state index contributed by atoms with van der Waals surface area (Å²) in [5, 5.41) is 12.1. The van der Waals surface area contributed by atoms with Crippen molar-refractivity contribution in [2.24, 2.45) is 7.05 Å². The van der Waals surface area contributed by atoms with E-state index in [0.717, 1.165) is 43.4 Å². The zero-order valence-corrected chi connectivity index (χ0v) is 14.9. The van der Waals surface area contributed by atoms with Gasteiger partial charge in [0.05, 0.1) is 12.1 Å². The fourth-order valence-electron chi connectivity index (χ4n) is 4.43. The number of aliphatic hydroxyl groups is 1. The number of rotatable bonds is 3. The maximum atomic E-state index is 13.1. The van der Waals surface area contributed by atoms with Crippen molar-refractivity contribution in [1.82, 2.24) is 14.4 Å². The predicted molar refractivity (Wildman–Crippen MR) is 98.7 cm³/mol. The van der Waals surface area contributed by atoms with E-state index in [2.05, 4.69) is 4.90 Å². The highest BCUT2D eigenvalue weighted by Gasteiger charge is 2.37. The van der Waals surface area contributed by atoms with Crippen LogP contribution in [-0.4, -0.2) is 63.7 Å².